The smallest absolute Gasteiger partial charge is 0.240 e. The van der Waals surface area contributed by atoms with Gasteiger partial charge in [-0.15, -0.1) is 0 Å². The summed E-state index contributed by atoms with van der Waals surface area (Å²) in [7, 11) is -3.35. The van der Waals surface area contributed by atoms with E-state index in [2.05, 4.69) is 30.8 Å². The van der Waals surface area contributed by atoms with Crippen molar-refractivity contribution in [3.63, 3.8) is 0 Å². The summed E-state index contributed by atoms with van der Waals surface area (Å²) in [5, 5.41) is 3.50. The SMILES string of the molecule is CCNC(Cc1ccc(S(=O)(=O)NCC)cc1)CC(C)C. The first kappa shape index (κ1) is 18.1. The van der Waals surface area contributed by atoms with E-state index in [0.717, 1.165) is 24.9 Å². The summed E-state index contributed by atoms with van der Waals surface area (Å²) < 4.78 is 26.3. The van der Waals surface area contributed by atoms with E-state index in [9.17, 15) is 8.42 Å². The van der Waals surface area contributed by atoms with Crippen molar-refractivity contribution in [1.82, 2.24) is 10.0 Å². The largest absolute Gasteiger partial charge is 0.314 e. The molecular formula is C16H28N2O2S. The highest BCUT2D eigenvalue weighted by molar-refractivity contribution is 7.89. The van der Waals surface area contributed by atoms with Gasteiger partial charge in [0.05, 0.1) is 4.90 Å². The van der Waals surface area contributed by atoms with E-state index in [1.54, 1.807) is 19.1 Å². The molecule has 0 aliphatic carbocycles. The summed E-state index contributed by atoms with van der Waals surface area (Å²) >= 11 is 0. The van der Waals surface area contributed by atoms with E-state index in [4.69, 9.17) is 0 Å². The van der Waals surface area contributed by atoms with Gasteiger partial charge in [0.2, 0.25) is 10.0 Å². The molecule has 0 aliphatic rings. The minimum absolute atomic E-state index is 0.331. The molecule has 0 spiro atoms. The lowest BCUT2D eigenvalue weighted by atomic mass is 9.97. The van der Waals surface area contributed by atoms with Gasteiger partial charge in [-0.25, -0.2) is 13.1 Å². The predicted molar refractivity (Wildman–Crippen MR) is 87.9 cm³/mol. The summed E-state index contributed by atoms with van der Waals surface area (Å²) in [4.78, 5) is 0.331. The Morgan fingerprint density at radius 1 is 1.05 bits per heavy atom. The van der Waals surface area contributed by atoms with E-state index in [1.807, 2.05) is 12.1 Å². The monoisotopic (exact) mass is 312 g/mol. The van der Waals surface area contributed by atoms with Gasteiger partial charge in [-0.3, -0.25) is 0 Å². The van der Waals surface area contributed by atoms with Crippen molar-refractivity contribution in [2.75, 3.05) is 13.1 Å². The fraction of sp³-hybridized carbons (Fsp3) is 0.625. The van der Waals surface area contributed by atoms with Crippen molar-refractivity contribution in [1.29, 1.82) is 0 Å². The number of nitrogens with one attached hydrogen (secondary N) is 2. The number of rotatable bonds is 9. The van der Waals surface area contributed by atoms with Crippen LogP contribution in [0, 0.1) is 5.92 Å². The van der Waals surface area contributed by atoms with E-state index >= 15 is 0 Å². The van der Waals surface area contributed by atoms with Gasteiger partial charge in [0.1, 0.15) is 0 Å². The average molecular weight is 312 g/mol. The summed E-state index contributed by atoms with van der Waals surface area (Å²) in [5.41, 5.74) is 1.16. The zero-order chi connectivity index (χ0) is 15.9. The van der Waals surface area contributed by atoms with Crippen LogP contribution < -0.4 is 10.0 Å². The number of benzene rings is 1. The highest BCUT2D eigenvalue weighted by atomic mass is 32.2. The second kappa shape index (κ2) is 8.51. The molecule has 0 fully saturated rings. The average Bonchev–Trinajstić information content (AvgIpc) is 2.38. The standard InChI is InChI=1S/C16H28N2O2S/c1-5-17-15(11-13(3)4)12-14-7-9-16(10-8-14)21(19,20)18-6-2/h7-10,13,15,17-18H,5-6,11-12H2,1-4H3. The van der Waals surface area contributed by atoms with Crippen LogP contribution in [0.2, 0.25) is 0 Å². The van der Waals surface area contributed by atoms with Gasteiger partial charge in [0.25, 0.3) is 0 Å². The Morgan fingerprint density at radius 2 is 1.67 bits per heavy atom. The lowest BCUT2D eigenvalue weighted by Crippen LogP contribution is -2.32. The van der Waals surface area contributed by atoms with E-state index in [0.29, 0.717) is 23.4 Å². The fourth-order valence-corrected chi connectivity index (χ4v) is 3.50. The Kier molecular flexibility index (Phi) is 7.35. The summed E-state index contributed by atoms with van der Waals surface area (Å²) in [6.07, 6.45) is 2.04. The molecule has 1 rings (SSSR count). The molecular weight excluding hydrogens is 284 g/mol. The van der Waals surface area contributed by atoms with Crippen LogP contribution in [0.15, 0.2) is 29.2 Å². The van der Waals surface area contributed by atoms with Crippen LogP contribution in [0.25, 0.3) is 0 Å². The molecule has 1 atom stereocenters. The highest BCUT2D eigenvalue weighted by Gasteiger charge is 2.14. The predicted octanol–water partition coefficient (Wildman–Crippen LogP) is 2.55. The molecule has 1 unspecified atom stereocenters. The van der Waals surface area contributed by atoms with Crippen molar-refractivity contribution in [2.45, 2.75) is 51.5 Å². The molecule has 1 aromatic rings. The van der Waals surface area contributed by atoms with E-state index in [-0.39, 0.29) is 0 Å². The second-order valence-corrected chi connectivity index (χ2v) is 7.50. The van der Waals surface area contributed by atoms with Gasteiger partial charge >= 0.3 is 0 Å². The van der Waals surface area contributed by atoms with Crippen LogP contribution in [-0.4, -0.2) is 27.5 Å². The van der Waals surface area contributed by atoms with E-state index in [1.165, 1.54) is 0 Å². The number of likely N-dealkylation sites (N-methyl/N-ethyl adjacent to an activating group) is 1. The molecule has 0 amide bonds. The minimum Gasteiger partial charge on any atom is -0.314 e. The molecule has 21 heavy (non-hydrogen) atoms. The lowest BCUT2D eigenvalue weighted by Gasteiger charge is -2.20. The molecule has 120 valence electrons. The van der Waals surface area contributed by atoms with Crippen molar-refractivity contribution < 1.29 is 8.42 Å². The zero-order valence-corrected chi connectivity index (χ0v) is 14.3. The van der Waals surface area contributed by atoms with Crippen LogP contribution in [0.3, 0.4) is 0 Å². The minimum atomic E-state index is -3.35. The van der Waals surface area contributed by atoms with Crippen LogP contribution in [0.5, 0.6) is 0 Å². The van der Waals surface area contributed by atoms with Gasteiger partial charge in [0.15, 0.2) is 0 Å². The van der Waals surface area contributed by atoms with Gasteiger partial charge in [-0.2, -0.15) is 0 Å². The van der Waals surface area contributed by atoms with Crippen LogP contribution >= 0.6 is 0 Å². The third-order valence-electron chi connectivity index (χ3n) is 3.30. The molecule has 0 radical (unpaired) electrons. The molecule has 0 bridgehead atoms. The molecule has 0 heterocycles. The Labute approximate surface area is 129 Å². The van der Waals surface area contributed by atoms with Gasteiger partial charge in [-0.1, -0.05) is 39.8 Å². The van der Waals surface area contributed by atoms with Crippen LogP contribution in [0.1, 0.15) is 39.7 Å². The lowest BCUT2D eigenvalue weighted by molar-refractivity contribution is 0.424. The topological polar surface area (TPSA) is 58.2 Å². The Morgan fingerprint density at radius 3 is 2.14 bits per heavy atom. The molecule has 5 heteroatoms. The summed E-state index contributed by atoms with van der Waals surface area (Å²) in [6.45, 7) is 9.68. The normalized spacial score (nSPS) is 13.6. The summed E-state index contributed by atoms with van der Waals surface area (Å²) in [5.74, 6) is 0.641. The third-order valence-corrected chi connectivity index (χ3v) is 4.86. The van der Waals surface area contributed by atoms with Gasteiger partial charge in [-0.05, 0) is 43.0 Å². The molecule has 4 nitrogen and oxygen atoms in total. The van der Waals surface area contributed by atoms with Gasteiger partial charge in [0, 0.05) is 12.6 Å². The molecule has 1 aromatic carbocycles. The maximum atomic E-state index is 11.9. The fourth-order valence-electron chi connectivity index (χ4n) is 2.46. The maximum Gasteiger partial charge on any atom is 0.240 e. The number of hydrogen-bond acceptors (Lipinski definition) is 3. The Balaban J connectivity index is 2.77. The quantitative estimate of drug-likeness (QED) is 0.737. The van der Waals surface area contributed by atoms with Crippen molar-refractivity contribution in [3.05, 3.63) is 29.8 Å². The van der Waals surface area contributed by atoms with Crippen molar-refractivity contribution in [2.24, 2.45) is 5.92 Å². The van der Waals surface area contributed by atoms with Gasteiger partial charge < -0.3 is 5.32 Å². The number of sulfonamides is 1. The summed E-state index contributed by atoms with van der Waals surface area (Å²) in [6, 6.07) is 7.63. The van der Waals surface area contributed by atoms with Crippen molar-refractivity contribution >= 4 is 10.0 Å². The maximum absolute atomic E-state index is 11.9. The first-order valence-electron chi connectivity index (χ1n) is 7.71. The molecule has 0 aromatic heterocycles. The third kappa shape index (κ3) is 6.16. The zero-order valence-electron chi connectivity index (χ0n) is 13.5. The Hall–Kier alpha value is -0.910. The molecule has 0 saturated carbocycles. The molecule has 0 aliphatic heterocycles. The van der Waals surface area contributed by atoms with E-state index < -0.39 is 10.0 Å². The number of hydrogen-bond donors (Lipinski definition) is 2. The Bertz CT molecular complexity index is 510. The first-order valence-corrected chi connectivity index (χ1v) is 9.19. The first-order chi connectivity index (χ1) is 9.89. The second-order valence-electron chi connectivity index (χ2n) is 5.73. The van der Waals surface area contributed by atoms with Crippen LogP contribution in [-0.2, 0) is 16.4 Å². The van der Waals surface area contributed by atoms with Crippen LogP contribution in [0.4, 0.5) is 0 Å². The highest BCUT2D eigenvalue weighted by Crippen LogP contribution is 2.14. The van der Waals surface area contributed by atoms with Crippen molar-refractivity contribution in [3.8, 4) is 0 Å². The molecule has 0 saturated heterocycles. The molecule has 2 N–H and O–H groups in total.